The summed E-state index contributed by atoms with van der Waals surface area (Å²) in [6.07, 6.45) is -1.70. The Morgan fingerprint density at radius 3 is 2.39 bits per heavy atom. The second kappa shape index (κ2) is 5.27. The maximum atomic E-state index is 12.4. The van der Waals surface area contributed by atoms with Gasteiger partial charge in [0.05, 0.1) is 5.56 Å². The molecule has 2 heterocycles. The smallest absolute Gasteiger partial charge is 0.471 e. The van der Waals surface area contributed by atoms with Crippen molar-refractivity contribution in [3.63, 3.8) is 0 Å². The van der Waals surface area contributed by atoms with Crippen LogP contribution in [0.1, 0.15) is 16.2 Å². The van der Waals surface area contributed by atoms with Gasteiger partial charge in [-0.1, -0.05) is 5.16 Å². The van der Waals surface area contributed by atoms with Crippen LogP contribution in [0, 0.1) is 0 Å². The van der Waals surface area contributed by atoms with Crippen LogP contribution < -0.4 is 0 Å². The van der Waals surface area contributed by atoms with Crippen molar-refractivity contribution in [1.29, 1.82) is 0 Å². The lowest BCUT2D eigenvalue weighted by Gasteiger charge is -2.03. The van der Waals surface area contributed by atoms with Gasteiger partial charge in [0.25, 0.3) is 0 Å². The summed E-state index contributed by atoms with van der Waals surface area (Å²) in [6, 6.07) is 7.67. The van der Waals surface area contributed by atoms with Gasteiger partial charge in [0.1, 0.15) is 0 Å². The van der Waals surface area contributed by atoms with Crippen LogP contribution in [0.2, 0.25) is 0 Å². The van der Waals surface area contributed by atoms with Crippen molar-refractivity contribution in [3.05, 3.63) is 54.2 Å². The molecule has 2 aromatic heterocycles. The lowest BCUT2D eigenvalue weighted by atomic mass is 10.2. The topological polar surface area (TPSA) is 81.1 Å². The summed E-state index contributed by atoms with van der Waals surface area (Å²) < 4.78 is 43.0. The predicted octanol–water partition coefficient (Wildman–Crippen LogP) is 3.24. The van der Waals surface area contributed by atoms with E-state index in [9.17, 15) is 18.0 Å². The van der Waals surface area contributed by atoms with E-state index in [1.807, 2.05) is 0 Å². The van der Waals surface area contributed by atoms with Gasteiger partial charge >= 0.3 is 18.0 Å². The van der Waals surface area contributed by atoms with Gasteiger partial charge in [-0.3, -0.25) is 0 Å². The lowest BCUT2D eigenvalue weighted by molar-refractivity contribution is -0.159. The number of carboxylic acid groups (broad SMARTS) is 1. The van der Waals surface area contributed by atoms with Gasteiger partial charge in [0.2, 0.25) is 5.82 Å². The molecule has 1 N–H and O–H groups in total. The lowest BCUT2D eigenvalue weighted by Crippen LogP contribution is -2.04. The number of rotatable bonds is 3. The summed E-state index contributed by atoms with van der Waals surface area (Å²) in [6.45, 7) is 0. The molecule has 0 saturated carbocycles. The molecule has 23 heavy (non-hydrogen) atoms. The number of benzene rings is 1. The quantitative estimate of drug-likeness (QED) is 0.800. The molecule has 0 unspecified atom stereocenters. The SMILES string of the molecule is O=C(O)c1ccn(-c2ccc(-c3noc(C(F)(F)F)n3)cc2)c1. The van der Waals surface area contributed by atoms with Crippen LogP contribution in [-0.2, 0) is 6.18 Å². The highest BCUT2D eigenvalue weighted by Crippen LogP contribution is 2.29. The van der Waals surface area contributed by atoms with Crippen LogP contribution in [-0.4, -0.2) is 25.8 Å². The Labute approximate surface area is 126 Å². The fourth-order valence-corrected chi connectivity index (χ4v) is 1.92. The molecular weight excluding hydrogens is 315 g/mol. The van der Waals surface area contributed by atoms with Gasteiger partial charge in [-0.15, -0.1) is 0 Å². The van der Waals surface area contributed by atoms with Crippen molar-refractivity contribution in [2.75, 3.05) is 0 Å². The average Bonchev–Trinajstić information content (AvgIpc) is 3.16. The van der Waals surface area contributed by atoms with Crippen molar-refractivity contribution in [1.82, 2.24) is 14.7 Å². The third kappa shape index (κ3) is 2.93. The third-order valence-electron chi connectivity index (χ3n) is 3.03. The molecule has 0 fully saturated rings. The molecule has 0 saturated heterocycles. The summed E-state index contributed by atoms with van der Waals surface area (Å²) in [5.41, 5.74) is 1.11. The van der Waals surface area contributed by atoms with E-state index in [1.165, 1.54) is 24.4 Å². The normalized spacial score (nSPS) is 11.6. The summed E-state index contributed by atoms with van der Waals surface area (Å²) in [4.78, 5) is 14.1. The first-order chi connectivity index (χ1) is 10.8. The molecule has 6 nitrogen and oxygen atoms in total. The van der Waals surface area contributed by atoms with Gasteiger partial charge in [0.15, 0.2) is 0 Å². The molecule has 3 rings (SSSR count). The Hall–Kier alpha value is -3.10. The molecule has 118 valence electrons. The molecule has 0 aliphatic heterocycles. The minimum absolute atomic E-state index is 0.127. The van der Waals surface area contributed by atoms with Crippen molar-refractivity contribution < 1.29 is 27.6 Å². The third-order valence-corrected chi connectivity index (χ3v) is 3.03. The van der Waals surface area contributed by atoms with Gasteiger partial charge in [-0.25, -0.2) is 4.79 Å². The standard InChI is InChI=1S/C14H8F3N3O3/c15-14(16,17)13-18-11(19-23-13)8-1-3-10(4-2-8)20-6-5-9(7-20)12(21)22/h1-7H,(H,21,22). The van der Waals surface area contributed by atoms with Crippen LogP contribution >= 0.6 is 0 Å². The van der Waals surface area contributed by atoms with Gasteiger partial charge in [0, 0.05) is 23.6 Å². The molecule has 0 aliphatic carbocycles. The average molecular weight is 323 g/mol. The number of alkyl halides is 3. The first-order valence-electron chi connectivity index (χ1n) is 6.27. The molecule has 3 aromatic rings. The second-order valence-electron chi connectivity index (χ2n) is 4.58. The molecule has 0 bridgehead atoms. The maximum Gasteiger partial charge on any atom is 0.471 e. The number of hydrogen-bond donors (Lipinski definition) is 1. The Morgan fingerprint density at radius 2 is 1.87 bits per heavy atom. The van der Waals surface area contributed by atoms with Crippen LogP contribution in [0.3, 0.4) is 0 Å². The zero-order chi connectivity index (χ0) is 16.6. The van der Waals surface area contributed by atoms with Crippen LogP contribution in [0.15, 0.2) is 47.2 Å². The maximum absolute atomic E-state index is 12.4. The molecular formula is C14H8F3N3O3. The van der Waals surface area contributed by atoms with E-state index in [0.29, 0.717) is 11.3 Å². The number of aromatic nitrogens is 3. The van der Waals surface area contributed by atoms with E-state index < -0.39 is 18.0 Å². The number of carboxylic acids is 1. The summed E-state index contributed by atoms with van der Waals surface area (Å²) in [5, 5.41) is 12.2. The molecule has 9 heteroatoms. The largest absolute Gasteiger partial charge is 0.478 e. The van der Waals surface area contributed by atoms with Crippen molar-refractivity contribution in [2.45, 2.75) is 6.18 Å². The van der Waals surface area contributed by atoms with E-state index in [2.05, 4.69) is 14.7 Å². The molecule has 0 radical (unpaired) electrons. The highest BCUT2D eigenvalue weighted by atomic mass is 19.4. The summed E-state index contributed by atoms with van der Waals surface area (Å²) in [7, 11) is 0. The first-order valence-corrected chi connectivity index (χ1v) is 6.27. The number of halogens is 3. The predicted molar refractivity (Wildman–Crippen MR) is 71.0 cm³/mol. The minimum atomic E-state index is -4.69. The Kier molecular flexibility index (Phi) is 3.40. The summed E-state index contributed by atoms with van der Waals surface area (Å²) >= 11 is 0. The highest BCUT2D eigenvalue weighted by Gasteiger charge is 2.38. The van der Waals surface area contributed by atoms with Crippen molar-refractivity contribution >= 4 is 5.97 Å². The second-order valence-corrected chi connectivity index (χ2v) is 4.58. The fourth-order valence-electron chi connectivity index (χ4n) is 1.92. The molecule has 0 amide bonds. The number of aromatic carboxylic acids is 1. The van der Waals surface area contributed by atoms with E-state index in [0.717, 1.165) is 0 Å². The fraction of sp³-hybridized carbons (Fsp3) is 0.0714. The van der Waals surface area contributed by atoms with Crippen LogP contribution in [0.25, 0.3) is 17.1 Å². The zero-order valence-electron chi connectivity index (χ0n) is 11.3. The number of nitrogens with zero attached hydrogens (tertiary/aromatic N) is 3. The van der Waals surface area contributed by atoms with Gasteiger partial charge in [-0.05, 0) is 30.3 Å². The zero-order valence-corrected chi connectivity index (χ0v) is 11.3. The van der Waals surface area contributed by atoms with E-state index in [4.69, 9.17) is 5.11 Å². The van der Waals surface area contributed by atoms with E-state index >= 15 is 0 Å². The molecule has 0 atom stereocenters. The van der Waals surface area contributed by atoms with Gasteiger partial charge < -0.3 is 14.2 Å². The number of carbonyl (C=O) groups is 1. The van der Waals surface area contributed by atoms with Crippen LogP contribution in [0.5, 0.6) is 0 Å². The van der Waals surface area contributed by atoms with E-state index in [-0.39, 0.29) is 11.4 Å². The molecule has 0 aliphatic rings. The Bertz CT molecular complexity index is 850. The van der Waals surface area contributed by atoms with Gasteiger partial charge in [-0.2, -0.15) is 18.2 Å². The molecule has 1 aromatic carbocycles. The van der Waals surface area contributed by atoms with Crippen LogP contribution in [0.4, 0.5) is 13.2 Å². The van der Waals surface area contributed by atoms with Crippen molar-refractivity contribution in [2.24, 2.45) is 0 Å². The molecule has 0 spiro atoms. The van der Waals surface area contributed by atoms with Crippen molar-refractivity contribution in [3.8, 4) is 17.1 Å². The monoisotopic (exact) mass is 323 g/mol. The first kappa shape index (κ1) is 14.8. The summed E-state index contributed by atoms with van der Waals surface area (Å²) in [5.74, 6) is -2.64. The Morgan fingerprint density at radius 1 is 1.17 bits per heavy atom. The highest BCUT2D eigenvalue weighted by molar-refractivity contribution is 5.87. The minimum Gasteiger partial charge on any atom is -0.478 e. The van der Waals surface area contributed by atoms with E-state index in [1.54, 1.807) is 22.9 Å². The number of hydrogen-bond acceptors (Lipinski definition) is 4. The Balaban J connectivity index is 1.87.